The normalized spacial score (nSPS) is 11.3. The fraction of sp³-hybridized carbons (Fsp3) is 0.0476. The van der Waals surface area contributed by atoms with Gasteiger partial charge in [0.2, 0.25) is 0 Å². The van der Waals surface area contributed by atoms with Crippen LogP contribution in [-0.2, 0) is 4.79 Å². The van der Waals surface area contributed by atoms with E-state index in [4.69, 9.17) is 0 Å². The second-order valence-electron chi connectivity index (χ2n) is 5.81. The number of hydrogen-bond acceptors (Lipinski definition) is 4. The molecule has 0 atom stereocenters. The Morgan fingerprint density at radius 3 is 2.65 bits per heavy atom. The second kappa shape index (κ2) is 7.23. The molecule has 0 unspecified atom stereocenters. The number of nitrogens with zero attached hydrogens (tertiary/aromatic N) is 2. The molecule has 0 spiro atoms. The first kappa shape index (κ1) is 16.7. The van der Waals surface area contributed by atoms with Gasteiger partial charge in [-0.1, -0.05) is 41.7 Å². The van der Waals surface area contributed by atoms with Crippen LogP contribution in [0.4, 0.5) is 10.8 Å². The van der Waals surface area contributed by atoms with Crippen LogP contribution in [0.3, 0.4) is 0 Å². The summed E-state index contributed by atoms with van der Waals surface area (Å²) in [4.78, 5) is 19.5. The summed E-state index contributed by atoms with van der Waals surface area (Å²) in [6.07, 6.45) is 3.46. The van der Waals surface area contributed by atoms with Crippen LogP contribution in [0.15, 0.2) is 71.4 Å². The monoisotopic (exact) mass is 376 g/mol. The summed E-state index contributed by atoms with van der Waals surface area (Å²) in [5.41, 5.74) is 3.81. The Morgan fingerprint density at radius 1 is 1.08 bits per heavy atom. The molecule has 5 heteroatoms. The van der Waals surface area contributed by atoms with E-state index in [1.54, 1.807) is 22.3 Å². The number of carbonyl (C=O) groups excluding carboxylic acids is 1. The Hall–Kier alpha value is -2.76. The van der Waals surface area contributed by atoms with E-state index in [9.17, 15) is 4.79 Å². The molecule has 0 aliphatic rings. The Kier molecular flexibility index (Phi) is 4.65. The zero-order chi connectivity index (χ0) is 17.9. The van der Waals surface area contributed by atoms with Gasteiger partial charge in [0.25, 0.3) is 5.91 Å². The van der Waals surface area contributed by atoms with Crippen molar-refractivity contribution in [1.29, 1.82) is 0 Å². The van der Waals surface area contributed by atoms with E-state index in [-0.39, 0.29) is 5.91 Å². The Balaban J connectivity index is 1.79. The highest BCUT2D eigenvalue weighted by atomic mass is 32.1. The molecule has 0 bridgehead atoms. The number of thiophene rings is 1. The summed E-state index contributed by atoms with van der Waals surface area (Å²) in [7, 11) is 0. The number of amides is 1. The van der Waals surface area contributed by atoms with Gasteiger partial charge in [-0.3, -0.25) is 9.69 Å². The SMILES string of the molecule is Cc1ccccc1N(C(=O)/C=C/c1ccsc1)c1nc2ccccc2s1. The van der Waals surface area contributed by atoms with E-state index in [1.165, 1.54) is 11.3 Å². The van der Waals surface area contributed by atoms with Crippen molar-refractivity contribution in [1.82, 2.24) is 4.98 Å². The van der Waals surface area contributed by atoms with Crippen LogP contribution in [0.25, 0.3) is 16.3 Å². The number of benzene rings is 2. The highest BCUT2D eigenvalue weighted by Gasteiger charge is 2.21. The quantitative estimate of drug-likeness (QED) is 0.407. The van der Waals surface area contributed by atoms with Crippen LogP contribution in [0.2, 0.25) is 0 Å². The molecule has 0 saturated heterocycles. The first-order valence-electron chi connectivity index (χ1n) is 8.18. The van der Waals surface area contributed by atoms with Crippen molar-refractivity contribution < 1.29 is 4.79 Å². The van der Waals surface area contributed by atoms with E-state index in [0.29, 0.717) is 5.13 Å². The van der Waals surface area contributed by atoms with Crippen molar-refractivity contribution in [2.24, 2.45) is 0 Å². The van der Waals surface area contributed by atoms with Crippen LogP contribution >= 0.6 is 22.7 Å². The second-order valence-corrected chi connectivity index (χ2v) is 7.60. The summed E-state index contributed by atoms with van der Waals surface area (Å²) in [6.45, 7) is 2.01. The summed E-state index contributed by atoms with van der Waals surface area (Å²) >= 11 is 3.13. The summed E-state index contributed by atoms with van der Waals surface area (Å²) in [5.74, 6) is -0.107. The van der Waals surface area contributed by atoms with Crippen LogP contribution in [0.5, 0.6) is 0 Å². The van der Waals surface area contributed by atoms with Crippen LogP contribution in [0, 0.1) is 6.92 Å². The maximum atomic E-state index is 13.1. The number of thiazole rings is 1. The van der Waals surface area contributed by atoms with Crippen molar-refractivity contribution in [3.8, 4) is 0 Å². The number of carbonyl (C=O) groups is 1. The average Bonchev–Trinajstić information content (AvgIpc) is 3.31. The van der Waals surface area contributed by atoms with E-state index < -0.39 is 0 Å². The molecule has 0 aliphatic heterocycles. The van der Waals surface area contributed by atoms with Gasteiger partial charge in [0.15, 0.2) is 5.13 Å². The molecule has 26 heavy (non-hydrogen) atoms. The number of aromatic nitrogens is 1. The molecule has 2 heterocycles. The lowest BCUT2D eigenvalue weighted by molar-refractivity contribution is -0.113. The molecule has 0 saturated carbocycles. The van der Waals surface area contributed by atoms with Gasteiger partial charge in [0.05, 0.1) is 15.9 Å². The van der Waals surface area contributed by atoms with Gasteiger partial charge < -0.3 is 0 Å². The third-order valence-electron chi connectivity index (χ3n) is 4.01. The van der Waals surface area contributed by atoms with Crippen molar-refractivity contribution in [2.45, 2.75) is 6.92 Å². The summed E-state index contributed by atoms with van der Waals surface area (Å²) in [6, 6.07) is 17.8. The maximum Gasteiger partial charge on any atom is 0.257 e. The lowest BCUT2D eigenvalue weighted by Crippen LogP contribution is -2.24. The van der Waals surface area contributed by atoms with E-state index >= 15 is 0 Å². The third-order valence-corrected chi connectivity index (χ3v) is 5.74. The molecule has 0 radical (unpaired) electrons. The van der Waals surface area contributed by atoms with Crippen molar-refractivity contribution >= 4 is 55.7 Å². The van der Waals surface area contributed by atoms with Gasteiger partial charge in [-0.2, -0.15) is 11.3 Å². The van der Waals surface area contributed by atoms with Gasteiger partial charge >= 0.3 is 0 Å². The highest BCUT2D eigenvalue weighted by Crippen LogP contribution is 2.35. The molecule has 2 aromatic heterocycles. The maximum absolute atomic E-state index is 13.1. The molecule has 1 amide bonds. The predicted octanol–water partition coefficient (Wildman–Crippen LogP) is 6.04. The van der Waals surface area contributed by atoms with Gasteiger partial charge in [-0.25, -0.2) is 4.98 Å². The van der Waals surface area contributed by atoms with E-state index in [0.717, 1.165) is 27.0 Å². The van der Waals surface area contributed by atoms with Gasteiger partial charge in [-0.15, -0.1) is 0 Å². The molecule has 4 rings (SSSR count). The fourth-order valence-corrected chi connectivity index (χ4v) is 4.31. The Morgan fingerprint density at radius 2 is 1.88 bits per heavy atom. The van der Waals surface area contributed by atoms with Crippen LogP contribution in [-0.4, -0.2) is 10.9 Å². The van der Waals surface area contributed by atoms with Crippen molar-refractivity contribution in [3.05, 3.63) is 82.6 Å². The van der Waals surface area contributed by atoms with Crippen LogP contribution in [0.1, 0.15) is 11.1 Å². The van der Waals surface area contributed by atoms with E-state index in [2.05, 4.69) is 4.98 Å². The summed E-state index contributed by atoms with van der Waals surface area (Å²) < 4.78 is 1.07. The molecule has 0 aliphatic carbocycles. The zero-order valence-electron chi connectivity index (χ0n) is 14.1. The predicted molar refractivity (Wildman–Crippen MR) is 111 cm³/mol. The number of hydrogen-bond donors (Lipinski definition) is 0. The van der Waals surface area contributed by atoms with E-state index in [1.807, 2.05) is 78.4 Å². The van der Waals surface area contributed by atoms with Crippen molar-refractivity contribution in [3.63, 3.8) is 0 Å². The van der Waals surface area contributed by atoms with Gasteiger partial charge in [0.1, 0.15) is 0 Å². The lowest BCUT2D eigenvalue weighted by Gasteiger charge is -2.20. The molecule has 0 fully saturated rings. The molecule has 128 valence electrons. The molecular formula is C21H16N2OS2. The Labute approximate surface area is 159 Å². The minimum atomic E-state index is -0.107. The topological polar surface area (TPSA) is 33.2 Å². The number of anilines is 2. The lowest BCUT2D eigenvalue weighted by atomic mass is 10.2. The highest BCUT2D eigenvalue weighted by molar-refractivity contribution is 7.22. The first-order chi connectivity index (χ1) is 12.7. The Bertz CT molecular complexity index is 1050. The van der Waals surface area contributed by atoms with Crippen molar-refractivity contribution in [2.75, 3.05) is 4.90 Å². The molecule has 4 aromatic rings. The number of aryl methyl sites for hydroxylation is 1. The number of rotatable bonds is 4. The smallest absolute Gasteiger partial charge is 0.257 e. The summed E-state index contributed by atoms with van der Waals surface area (Å²) in [5, 5.41) is 4.69. The third kappa shape index (κ3) is 3.31. The minimum absolute atomic E-state index is 0.107. The molecule has 0 N–H and O–H groups in total. The molecular weight excluding hydrogens is 360 g/mol. The largest absolute Gasteiger partial charge is 0.269 e. The molecule has 3 nitrogen and oxygen atoms in total. The van der Waals surface area contributed by atoms with Gasteiger partial charge in [-0.05, 0) is 59.2 Å². The minimum Gasteiger partial charge on any atom is -0.269 e. The van der Waals surface area contributed by atoms with Crippen LogP contribution < -0.4 is 4.90 Å². The van der Waals surface area contributed by atoms with Gasteiger partial charge in [0, 0.05) is 6.08 Å². The number of para-hydroxylation sites is 2. The standard InChI is InChI=1S/C21H16N2OS2/c1-15-6-2-4-8-18(15)23(20(24)11-10-16-12-13-25-14-16)21-22-17-7-3-5-9-19(17)26-21/h2-14H,1H3/b11-10+. The zero-order valence-corrected chi connectivity index (χ0v) is 15.8. The first-order valence-corrected chi connectivity index (χ1v) is 9.94. The average molecular weight is 377 g/mol. The number of fused-ring (bicyclic) bond motifs is 1. The fourth-order valence-electron chi connectivity index (χ4n) is 2.70. The molecule has 2 aromatic carbocycles.